The Balaban J connectivity index is 1.10. The van der Waals surface area contributed by atoms with Gasteiger partial charge in [-0.05, 0) is 82.1 Å². The highest BCUT2D eigenvalue weighted by molar-refractivity contribution is 7.01. The summed E-state index contributed by atoms with van der Waals surface area (Å²) in [4.78, 5) is 15.8. The lowest BCUT2D eigenvalue weighted by Gasteiger charge is -2.46. The molecule has 2 aliphatic rings. The average molecular weight is 756 g/mol. The summed E-state index contributed by atoms with van der Waals surface area (Å²) < 4.78 is 0. The van der Waals surface area contributed by atoms with E-state index in [0.29, 0.717) is 17.5 Å². The fourth-order valence-electron chi connectivity index (χ4n) is 10.4. The molecule has 10 aromatic rings. The molecule has 3 nitrogen and oxygen atoms in total. The highest BCUT2D eigenvalue weighted by Crippen LogP contribution is 2.57. The SMILES string of the molecule is C[Si]1(C)c2ccccc2C2(c3ccccc3-c3ccccc32)c2ccc(-c3nc(-c4ccccc4)nc(-c4ccc5c6ccccc6c6ccccc6c5c4)n3)cc21. The minimum absolute atomic E-state index is 0.419. The maximum absolute atomic E-state index is 5.34. The number of nitrogens with zero attached hydrogens (tertiary/aromatic N) is 3. The quantitative estimate of drug-likeness (QED) is 0.133. The van der Waals surface area contributed by atoms with E-state index in [1.165, 1.54) is 76.1 Å². The van der Waals surface area contributed by atoms with E-state index in [0.717, 1.165) is 16.7 Å². The van der Waals surface area contributed by atoms with Crippen molar-refractivity contribution in [3.05, 3.63) is 210 Å². The van der Waals surface area contributed by atoms with Crippen LogP contribution in [0, 0.1) is 0 Å². The van der Waals surface area contributed by atoms with E-state index in [2.05, 4.69) is 183 Å². The summed E-state index contributed by atoms with van der Waals surface area (Å²) in [5, 5.41) is 10.3. The number of hydrogen-bond acceptors (Lipinski definition) is 3. The van der Waals surface area contributed by atoms with Gasteiger partial charge in [-0.3, -0.25) is 0 Å². The topological polar surface area (TPSA) is 38.7 Å². The number of fused-ring (bicyclic) bond motifs is 15. The first-order valence-electron chi connectivity index (χ1n) is 20.1. The first kappa shape index (κ1) is 33.2. The van der Waals surface area contributed by atoms with Crippen LogP contribution < -0.4 is 10.4 Å². The minimum Gasteiger partial charge on any atom is -0.208 e. The molecule has 0 saturated carbocycles. The van der Waals surface area contributed by atoms with Crippen molar-refractivity contribution in [2.24, 2.45) is 0 Å². The Labute approximate surface area is 338 Å². The Kier molecular flexibility index (Phi) is 7.00. The van der Waals surface area contributed by atoms with Crippen molar-refractivity contribution in [1.29, 1.82) is 0 Å². The smallest absolute Gasteiger partial charge is 0.164 e. The summed E-state index contributed by atoms with van der Waals surface area (Å²) in [6.45, 7) is 5.01. The second kappa shape index (κ2) is 12.2. The summed E-state index contributed by atoms with van der Waals surface area (Å²) in [5.74, 6) is 2.01. The monoisotopic (exact) mass is 755 g/mol. The minimum atomic E-state index is -2.24. The van der Waals surface area contributed by atoms with Gasteiger partial charge < -0.3 is 0 Å². The van der Waals surface area contributed by atoms with Gasteiger partial charge in [0.1, 0.15) is 8.07 Å². The molecule has 272 valence electrons. The Hall–Kier alpha value is -7.01. The number of benzene rings is 9. The zero-order chi connectivity index (χ0) is 38.6. The zero-order valence-corrected chi connectivity index (χ0v) is 33.2. The summed E-state index contributed by atoms with van der Waals surface area (Å²) >= 11 is 0. The lowest BCUT2D eigenvalue weighted by atomic mass is 9.67. The van der Waals surface area contributed by atoms with Crippen molar-refractivity contribution in [3.63, 3.8) is 0 Å². The lowest BCUT2D eigenvalue weighted by molar-refractivity contribution is 0.773. The molecule has 0 amide bonds. The van der Waals surface area contributed by atoms with Gasteiger partial charge in [0.2, 0.25) is 0 Å². The fourth-order valence-corrected chi connectivity index (χ4v) is 13.6. The second-order valence-electron chi connectivity index (χ2n) is 16.3. The Bertz CT molecular complexity index is 3250. The van der Waals surface area contributed by atoms with Crippen LogP contribution in [0.15, 0.2) is 188 Å². The largest absolute Gasteiger partial charge is 0.208 e. The van der Waals surface area contributed by atoms with Crippen molar-refractivity contribution in [2.45, 2.75) is 18.5 Å². The molecular formula is C54H37N3Si. The van der Waals surface area contributed by atoms with Crippen LogP contribution in [0.25, 0.3) is 77.6 Å². The fraction of sp³-hybridized carbons (Fsp3) is 0.0556. The van der Waals surface area contributed by atoms with Crippen LogP contribution in [-0.4, -0.2) is 23.0 Å². The number of aromatic nitrogens is 3. The Morgan fingerprint density at radius 1 is 0.328 bits per heavy atom. The van der Waals surface area contributed by atoms with Crippen LogP contribution >= 0.6 is 0 Å². The molecule has 1 aliphatic heterocycles. The van der Waals surface area contributed by atoms with Gasteiger partial charge in [0.25, 0.3) is 0 Å². The molecule has 12 rings (SSSR count). The third kappa shape index (κ3) is 4.52. The molecule has 0 unspecified atom stereocenters. The van der Waals surface area contributed by atoms with E-state index >= 15 is 0 Å². The normalized spacial score (nSPS) is 14.3. The first-order valence-corrected chi connectivity index (χ1v) is 23.1. The van der Waals surface area contributed by atoms with E-state index in [-0.39, 0.29) is 0 Å². The molecule has 0 bridgehead atoms. The highest BCUT2D eigenvalue weighted by Gasteiger charge is 2.53. The van der Waals surface area contributed by atoms with Crippen LogP contribution in [0.4, 0.5) is 0 Å². The van der Waals surface area contributed by atoms with Gasteiger partial charge in [0.05, 0.1) is 5.41 Å². The van der Waals surface area contributed by atoms with Crippen LogP contribution in [0.3, 0.4) is 0 Å². The predicted molar refractivity (Wildman–Crippen MR) is 243 cm³/mol. The third-order valence-corrected chi connectivity index (χ3v) is 16.5. The number of rotatable bonds is 3. The molecule has 58 heavy (non-hydrogen) atoms. The summed E-state index contributed by atoms with van der Waals surface area (Å²) in [6, 6.07) is 68.8. The van der Waals surface area contributed by atoms with Crippen LogP contribution in [0.2, 0.25) is 13.1 Å². The van der Waals surface area contributed by atoms with Crippen molar-refractivity contribution >= 4 is 50.8 Å². The molecule has 0 atom stereocenters. The molecule has 1 aromatic heterocycles. The maximum atomic E-state index is 5.34. The van der Waals surface area contributed by atoms with Gasteiger partial charge in [0, 0.05) is 16.7 Å². The van der Waals surface area contributed by atoms with Crippen molar-refractivity contribution < 1.29 is 0 Å². The highest BCUT2D eigenvalue weighted by atomic mass is 28.3. The molecule has 9 aromatic carbocycles. The molecule has 0 saturated heterocycles. The van der Waals surface area contributed by atoms with Gasteiger partial charge in [0.15, 0.2) is 17.5 Å². The predicted octanol–water partition coefficient (Wildman–Crippen LogP) is 11.8. The maximum Gasteiger partial charge on any atom is 0.164 e. The number of hydrogen-bond donors (Lipinski definition) is 0. The van der Waals surface area contributed by atoms with Gasteiger partial charge in [-0.2, -0.15) is 0 Å². The van der Waals surface area contributed by atoms with E-state index in [4.69, 9.17) is 15.0 Å². The Morgan fingerprint density at radius 2 is 0.759 bits per heavy atom. The van der Waals surface area contributed by atoms with Crippen molar-refractivity contribution in [1.82, 2.24) is 15.0 Å². The third-order valence-electron chi connectivity index (χ3n) is 13.0. The van der Waals surface area contributed by atoms with Crippen molar-refractivity contribution in [2.75, 3.05) is 0 Å². The average Bonchev–Trinajstić information content (AvgIpc) is 3.59. The summed E-state index contributed by atoms with van der Waals surface area (Å²) in [6.07, 6.45) is 0. The first-order chi connectivity index (χ1) is 28.5. The van der Waals surface area contributed by atoms with Crippen LogP contribution in [0.5, 0.6) is 0 Å². The van der Waals surface area contributed by atoms with Gasteiger partial charge in [-0.1, -0.05) is 195 Å². The molecule has 0 N–H and O–H groups in total. The zero-order valence-electron chi connectivity index (χ0n) is 32.2. The Morgan fingerprint density at radius 3 is 1.38 bits per heavy atom. The molecule has 4 heteroatoms. The van der Waals surface area contributed by atoms with Gasteiger partial charge >= 0.3 is 0 Å². The lowest BCUT2D eigenvalue weighted by Crippen LogP contribution is -2.63. The van der Waals surface area contributed by atoms with E-state index in [9.17, 15) is 0 Å². The second-order valence-corrected chi connectivity index (χ2v) is 20.6. The van der Waals surface area contributed by atoms with Gasteiger partial charge in [-0.15, -0.1) is 0 Å². The van der Waals surface area contributed by atoms with E-state index in [1.807, 2.05) is 18.2 Å². The van der Waals surface area contributed by atoms with Crippen LogP contribution in [0.1, 0.15) is 22.3 Å². The molecular weight excluding hydrogens is 719 g/mol. The van der Waals surface area contributed by atoms with Gasteiger partial charge in [-0.25, -0.2) is 15.0 Å². The van der Waals surface area contributed by atoms with E-state index in [1.54, 1.807) is 0 Å². The molecule has 2 heterocycles. The van der Waals surface area contributed by atoms with Crippen molar-refractivity contribution in [3.8, 4) is 45.3 Å². The molecule has 0 fully saturated rings. The van der Waals surface area contributed by atoms with Crippen LogP contribution in [-0.2, 0) is 5.41 Å². The standard InChI is InChI=1S/C54H37N3Si/c1-58(2)49-27-15-14-26-47(49)54(45-24-12-10-22-42(45)43-23-11-13-25-46(43)54)48-31-29-36(33-50(48)58)53-56-51(34-16-4-3-5-17-34)55-52(57-53)35-28-30-41-39-20-7-6-18-37(39)38-19-8-9-21-40(38)44(41)32-35/h3-33H,1-2H3. The summed E-state index contributed by atoms with van der Waals surface area (Å²) in [5.41, 5.74) is 10.6. The molecule has 1 aliphatic carbocycles. The molecule has 0 radical (unpaired) electrons. The summed E-state index contributed by atoms with van der Waals surface area (Å²) in [7, 11) is -2.24. The van der Waals surface area contributed by atoms with E-state index < -0.39 is 13.5 Å². The molecule has 1 spiro atoms.